The van der Waals surface area contributed by atoms with Gasteiger partial charge in [0.2, 0.25) is 0 Å². The Bertz CT molecular complexity index is 486. The van der Waals surface area contributed by atoms with Crippen molar-refractivity contribution < 1.29 is 57.1 Å². The fourth-order valence-corrected chi connectivity index (χ4v) is 1.46. The van der Waals surface area contributed by atoms with E-state index >= 15 is 0 Å². The van der Waals surface area contributed by atoms with Crippen LogP contribution in [-0.2, 0) is 0 Å². The molecule has 0 atom stereocenters. The summed E-state index contributed by atoms with van der Waals surface area (Å²) in [6.45, 7) is 4.27. The quantitative estimate of drug-likeness (QED) is 0.420. The van der Waals surface area contributed by atoms with Crippen molar-refractivity contribution in [3.63, 3.8) is 0 Å². The maximum Gasteiger partial charge on any atom is 0.460 e. The molecule has 25 heavy (non-hydrogen) atoms. The number of hydrogen-bond donors (Lipinski definition) is 0. The van der Waals surface area contributed by atoms with Gasteiger partial charge in [0.25, 0.3) is 0 Å². The van der Waals surface area contributed by atoms with Crippen LogP contribution >= 0.6 is 0 Å². The maximum absolute atomic E-state index is 13.2. The molecule has 0 spiro atoms. The summed E-state index contributed by atoms with van der Waals surface area (Å²) < 4.78 is 165. The van der Waals surface area contributed by atoms with Crippen molar-refractivity contribution in [3.05, 3.63) is 18.6 Å². The van der Waals surface area contributed by atoms with Crippen LogP contribution in [0.4, 0.5) is 57.1 Å². The standard InChI is InChI=1S/C12H10F13/c1-6(2)4-3-5-7(13,14)8(15,16)9(17,18)10(19,20)11(21,22)12(23,24)25/h4H,1,3,5H2,2H3. The predicted octanol–water partition coefficient (Wildman–Crippen LogP) is 6.29. The highest BCUT2D eigenvalue weighted by Crippen LogP contribution is 2.60. The molecule has 0 aliphatic rings. The van der Waals surface area contributed by atoms with Crippen molar-refractivity contribution in [2.75, 3.05) is 0 Å². The van der Waals surface area contributed by atoms with Gasteiger partial charge in [-0.2, -0.15) is 57.1 Å². The molecule has 149 valence electrons. The Labute approximate surface area is 132 Å². The van der Waals surface area contributed by atoms with Gasteiger partial charge in [-0.3, -0.25) is 0 Å². The lowest BCUT2D eigenvalue weighted by atomic mass is 9.91. The third-order valence-electron chi connectivity index (χ3n) is 2.95. The van der Waals surface area contributed by atoms with Crippen molar-refractivity contribution in [3.8, 4) is 0 Å². The van der Waals surface area contributed by atoms with Gasteiger partial charge in [-0.05, 0) is 19.8 Å². The van der Waals surface area contributed by atoms with Crippen molar-refractivity contribution in [1.82, 2.24) is 0 Å². The summed E-state index contributed by atoms with van der Waals surface area (Å²) in [6.07, 6.45) is -10.0. The summed E-state index contributed by atoms with van der Waals surface area (Å²) >= 11 is 0. The monoisotopic (exact) mass is 401 g/mol. The molecule has 0 amide bonds. The van der Waals surface area contributed by atoms with Crippen LogP contribution < -0.4 is 0 Å². The zero-order valence-corrected chi connectivity index (χ0v) is 12.1. The molecule has 0 unspecified atom stereocenters. The molecule has 0 bridgehead atoms. The lowest BCUT2D eigenvalue weighted by Crippen LogP contribution is -2.70. The average Bonchev–Trinajstić information content (AvgIpc) is 2.35. The van der Waals surface area contributed by atoms with E-state index in [0.717, 1.165) is 0 Å². The zero-order chi connectivity index (χ0) is 20.7. The Kier molecular flexibility index (Phi) is 6.22. The van der Waals surface area contributed by atoms with Crippen LogP contribution in [0.2, 0.25) is 0 Å². The van der Waals surface area contributed by atoms with Crippen molar-refractivity contribution in [2.45, 2.75) is 55.6 Å². The van der Waals surface area contributed by atoms with Gasteiger partial charge >= 0.3 is 35.8 Å². The van der Waals surface area contributed by atoms with Gasteiger partial charge in [-0.25, -0.2) is 0 Å². The molecule has 0 nitrogen and oxygen atoms in total. The number of rotatable bonds is 8. The first-order valence-corrected chi connectivity index (χ1v) is 6.11. The minimum atomic E-state index is -7.84. The second kappa shape index (κ2) is 6.53. The average molecular weight is 401 g/mol. The highest BCUT2D eigenvalue weighted by Gasteiger charge is 2.90. The van der Waals surface area contributed by atoms with E-state index in [4.69, 9.17) is 0 Å². The third kappa shape index (κ3) is 3.83. The van der Waals surface area contributed by atoms with Gasteiger partial charge in [0.1, 0.15) is 0 Å². The van der Waals surface area contributed by atoms with Crippen molar-refractivity contribution >= 4 is 0 Å². The van der Waals surface area contributed by atoms with Crippen LogP contribution in [0.5, 0.6) is 0 Å². The maximum atomic E-state index is 13.2. The third-order valence-corrected chi connectivity index (χ3v) is 2.95. The molecule has 0 aliphatic carbocycles. The second-order valence-corrected chi connectivity index (χ2v) is 5.09. The molecule has 0 aromatic carbocycles. The second-order valence-electron chi connectivity index (χ2n) is 5.09. The molecule has 0 aromatic heterocycles. The summed E-state index contributed by atoms with van der Waals surface area (Å²) in [5, 5.41) is 0. The first-order valence-electron chi connectivity index (χ1n) is 6.11. The van der Waals surface area contributed by atoms with E-state index in [1.807, 2.05) is 0 Å². The fourth-order valence-electron chi connectivity index (χ4n) is 1.46. The van der Waals surface area contributed by atoms with Crippen LogP contribution in [0.3, 0.4) is 0 Å². The van der Waals surface area contributed by atoms with E-state index in [9.17, 15) is 57.1 Å². The van der Waals surface area contributed by atoms with Gasteiger partial charge in [0.05, 0.1) is 0 Å². The van der Waals surface area contributed by atoms with Crippen LogP contribution in [0.15, 0.2) is 12.2 Å². The molecule has 0 saturated carbocycles. The van der Waals surface area contributed by atoms with Gasteiger partial charge in [-0.15, -0.1) is 0 Å². The van der Waals surface area contributed by atoms with Crippen molar-refractivity contribution in [1.29, 1.82) is 0 Å². The molecule has 0 heterocycles. The summed E-state index contributed by atoms with van der Waals surface area (Å²) in [5.41, 5.74) is -0.000175. The predicted molar refractivity (Wildman–Crippen MR) is 59.1 cm³/mol. The topological polar surface area (TPSA) is 0 Å². The molecule has 0 N–H and O–H groups in total. The van der Waals surface area contributed by atoms with E-state index in [0.29, 0.717) is 6.42 Å². The van der Waals surface area contributed by atoms with Crippen molar-refractivity contribution in [2.24, 2.45) is 0 Å². The summed E-state index contributed by atoms with van der Waals surface area (Å²) in [7, 11) is 0. The first-order chi connectivity index (χ1) is 10.7. The number of hydrogen-bond acceptors (Lipinski definition) is 0. The summed E-state index contributed by atoms with van der Waals surface area (Å²) in [6, 6.07) is 0. The number of halogens is 13. The fraction of sp³-hybridized carbons (Fsp3) is 0.750. The van der Waals surface area contributed by atoms with Crippen LogP contribution in [0, 0.1) is 6.42 Å². The summed E-state index contributed by atoms with van der Waals surface area (Å²) in [4.78, 5) is 0. The Morgan fingerprint density at radius 2 is 1.04 bits per heavy atom. The van der Waals surface area contributed by atoms with Crippen LogP contribution in [0.1, 0.15) is 19.8 Å². The molecule has 1 radical (unpaired) electrons. The molecule has 0 aliphatic heterocycles. The van der Waals surface area contributed by atoms with E-state index in [-0.39, 0.29) is 5.57 Å². The highest BCUT2D eigenvalue weighted by atomic mass is 19.4. The molecule has 0 saturated heterocycles. The van der Waals surface area contributed by atoms with Gasteiger partial charge in [-0.1, -0.05) is 12.2 Å². The highest BCUT2D eigenvalue weighted by molar-refractivity contribution is 5.11. The van der Waals surface area contributed by atoms with Gasteiger partial charge < -0.3 is 0 Å². The smallest absolute Gasteiger partial charge is 0.200 e. The lowest BCUT2D eigenvalue weighted by Gasteiger charge is -2.39. The van der Waals surface area contributed by atoms with Gasteiger partial charge in [0.15, 0.2) is 0 Å². The lowest BCUT2D eigenvalue weighted by molar-refractivity contribution is -0.440. The normalized spacial score (nSPS) is 15.4. The number of alkyl halides is 13. The van der Waals surface area contributed by atoms with Crippen LogP contribution in [0.25, 0.3) is 0 Å². The van der Waals surface area contributed by atoms with Gasteiger partial charge in [0, 0.05) is 6.42 Å². The van der Waals surface area contributed by atoms with E-state index in [1.165, 1.54) is 6.92 Å². The Balaban J connectivity index is 5.90. The molecular formula is C12H10F13. The zero-order valence-electron chi connectivity index (χ0n) is 12.1. The van der Waals surface area contributed by atoms with E-state index < -0.39 is 48.6 Å². The molecule has 0 rings (SSSR count). The first kappa shape index (κ1) is 23.8. The molecule has 0 fully saturated rings. The van der Waals surface area contributed by atoms with E-state index in [2.05, 4.69) is 6.58 Å². The minimum absolute atomic E-state index is 0.000175. The SMILES string of the molecule is C=C(C)[CH]CCC(F)(F)C(F)(F)C(F)(F)C(F)(F)C(F)(F)C(F)(F)F. The largest absolute Gasteiger partial charge is 0.460 e. The summed E-state index contributed by atoms with van der Waals surface area (Å²) in [5.74, 6) is -36.5. The molecule has 13 heteroatoms. The van der Waals surface area contributed by atoms with Crippen LogP contribution in [-0.4, -0.2) is 35.8 Å². The molecule has 0 aromatic rings. The Morgan fingerprint density at radius 3 is 1.36 bits per heavy atom. The number of allylic oxidation sites excluding steroid dienone is 1. The minimum Gasteiger partial charge on any atom is -0.200 e. The Morgan fingerprint density at radius 1 is 0.680 bits per heavy atom. The van der Waals surface area contributed by atoms with E-state index in [1.54, 1.807) is 0 Å². The molecular weight excluding hydrogens is 391 g/mol. The Hall–Kier alpha value is -1.17.